The Hall–Kier alpha value is -1.46. The van der Waals surface area contributed by atoms with E-state index in [9.17, 15) is 5.11 Å². The van der Waals surface area contributed by atoms with Gasteiger partial charge < -0.3 is 20.9 Å². The number of benzene rings is 1. The molecule has 6 heteroatoms. The Labute approximate surface area is 124 Å². The number of halogens is 1. The van der Waals surface area contributed by atoms with Crippen molar-refractivity contribution in [1.82, 2.24) is 0 Å². The summed E-state index contributed by atoms with van der Waals surface area (Å²) in [5.74, 6) is -0.0159. The SMILES string of the molecule is CCC(CC)N(CCO)c1ccc(C(N)=NO)c(Cl)c1. The van der Waals surface area contributed by atoms with Gasteiger partial charge in [0.15, 0.2) is 5.84 Å². The molecule has 5 nitrogen and oxygen atoms in total. The smallest absolute Gasteiger partial charge is 0.171 e. The minimum atomic E-state index is -0.0159. The molecule has 0 atom stereocenters. The standard InChI is InChI=1S/C14H22ClN3O2/c1-3-10(4-2)18(7-8-19)11-5-6-12(13(15)9-11)14(16)17-20/h5-6,9-10,19-20H,3-4,7-8H2,1-2H3,(H2,16,17). The second-order valence-corrected chi connectivity index (χ2v) is 4.94. The molecule has 0 radical (unpaired) electrons. The molecule has 0 aliphatic heterocycles. The van der Waals surface area contributed by atoms with Crippen molar-refractivity contribution in [3.05, 3.63) is 28.8 Å². The Balaban J connectivity index is 3.12. The van der Waals surface area contributed by atoms with Crippen molar-refractivity contribution in [2.75, 3.05) is 18.1 Å². The molecule has 0 spiro atoms. The van der Waals surface area contributed by atoms with Crippen LogP contribution in [0.15, 0.2) is 23.4 Å². The van der Waals surface area contributed by atoms with E-state index in [0.717, 1.165) is 18.5 Å². The monoisotopic (exact) mass is 299 g/mol. The number of hydrogen-bond acceptors (Lipinski definition) is 4. The summed E-state index contributed by atoms with van der Waals surface area (Å²) in [5.41, 5.74) is 6.97. The number of rotatable bonds is 7. The molecule has 0 fully saturated rings. The van der Waals surface area contributed by atoms with Gasteiger partial charge in [-0.3, -0.25) is 0 Å². The highest BCUT2D eigenvalue weighted by Gasteiger charge is 2.17. The van der Waals surface area contributed by atoms with Crippen LogP contribution in [0, 0.1) is 0 Å². The fraction of sp³-hybridized carbons (Fsp3) is 0.500. The van der Waals surface area contributed by atoms with Crippen molar-refractivity contribution in [1.29, 1.82) is 0 Å². The molecule has 112 valence electrons. The Morgan fingerprint density at radius 2 is 2.05 bits per heavy atom. The highest BCUT2D eigenvalue weighted by molar-refractivity contribution is 6.34. The molecule has 4 N–H and O–H groups in total. The van der Waals surface area contributed by atoms with E-state index >= 15 is 0 Å². The van der Waals surface area contributed by atoms with E-state index in [4.69, 9.17) is 22.5 Å². The summed E-state index contributed by atoms with van der Waals surface area (Å²) in [6.07, 6.45) is 1.96. The van der Waals surface area contributed by atoms with Crippen LogP contribution in [0.2, 0.25) is 5.02 Å². The van der Waals surface area contributed by atoms with Gasteiger partial charge in [-0.2, -0.15) is 0 Å². The summed E-state index contributed by atoms with van der Waals surface area (Å²) < 4.78 is 0. The summed E-state index contributed by atoms with van der Waals surface area (Å²) in [7, 11) is 0. The molecule has 0 saturated carbocycles. The molecule has 0 saturated heterocycles. The maximum absolute atomic E-state index is 9.24. The molecule has 0 unspecified atom stereocenters. The zero-order chi connectivity index (χ0) is 15.1. The summed E-state index contributed by atoms with van der Waals surface area (Å²) >= 11 is 6.18. The van der Waals surface area contributed by atoms with Crippen molar-refractivity contribution >= 4 is 23.1 Å². The van der Waals surface area contributed by atoms with Crippen molar-refractivity contribution in [2.45, 2.75) is 32.7 Å². The molecule has 1 aromatic rings. The van der Waals surface area contributed by atoms with Gasteiger partial charge in [0, 0.05) is 23.8 Å². The normalized spacial score (nSPS) is 11.9. The lowest BCUT2D eigenvalue weighted by atomic mass is 10.1. The lowest BCUT2D eigenvalue weighted by molar-refractivity contribution is 0.296. The number of nitrogens with two attached hydrogens (primary N) is 1. The molecule has 20 heavy (non-hydrogen) atoms. The van der Waals surface area contributed by atoms with Gasteiger partial charge in [-0.25, -0.2) is 0 Å². The van der Waals surface area contributed by atoms with Gasteiger partial charge in [-0.1, -0.05) is 30.6 Å². The van der Waals surface area contributed by atoms with E-state index < -0.39 is 0 Å². The lowest BCUT2D eigenvalue weighted by Gasteiger charge is -2.32. The first kappa shape index (κ1) is 16.6. The Morgan fingerprint density at radius 3 is 2.50 bits per heavy atom. The minimum absolute atomic E-state index is 0.0159. The van der Waals surface area contributed by atoms with Crippen molar-refractivity contribution in [3.63, 3.8) is 0 Å². The fourth-order valence-electron chi connectivity index (χ4n) is 2.30. The van der Waals surface area contributed by atoms with Gasteiger partial charge in [0.25, 0.3) is 0 Å². The average Bonchev–Trinajstić information content (AvgIpc) is 2.46. The zero-order valence-corrected chi connectivity index (χ0v) is 12.6. The lowest BCUT2D eigenvalue weighted by Crippen LogP contribution is -2.36. The van der Waals surface area contributed by atoms with Gasteiger partial charge in [0.1, 0.15) is 0 Å². The highest BCUT2D eigenvalue weighted by Crippen LogP contribution is 2.26. The first-order chi connectivity index (χ1) is 9.58. The predicted octanol–water partition coefficient (Wildman–Crippen LogP) is 2.42. The van der Waals surface area contributed by atoms with Crippen LogP contribution >= 0.6 is 11.6 Å². The Kier molecular flexibility index (Phi) is 6.61. The number of amidine groups is 1. The van der Waals surface area contributed by atoms with Gasteiger partial charge >= 0.3 is 0 Å². The van der Waals surface area contributed by atoms with Crippen LogP contribution in [0.1, 0.15) is 32.3 Å². The molecule has 0 aliphatic carbocycles. The predicted molar refractivity (Wildman–Crippen MR) is 82.8 cm³/mol. The van der Waals surface area contributed by atoms with E-state index in [1.165, 1.54) is 0 Å². The maximum atomic E-state index is 9.24. The van der Waals surface area contributed by atoms with Gasteiger partial charge in [0.2, 0.25) is 0 Å². The summed E-state index contributed by atoms with van der Waals surface area (Å²) in [6, 6.07) is 5.71. The maximum Gasteiger partial charge on any atom is 0.171 e. The van der Waals surface area contributed by atoms with E-state index in [-0.39, 0.29) is 12.4 Å². The van der Waals surface area contributed by atoms with Crippen molar-refractivity contribution < 1.29 is 10.3 Å². The average molecular weight is 300 g/mol. The van der Waals surface area contributed by atoms with Gasteiger partial charge in [-0.05, 0) is 31.0 Å². The molecular weight excluding hydrogens is 278 g/mol. The van der Waals surface area contributed by atoms with Gasteiger partial charge in [-0.15, -0.1) is 0 Å². The van der Waals surface area contributed by atoms with E-state index in [1.807, 2.05) is 6.07 Å². The highest BCUT2D eigenvalue weighted by atomic mass is 35.5. The van der Waals surface area contributed by atoms with Crippen LogP contribution in [0.4, 0.5) is 5.69 Å². The fourth-order valence-corrected chi connectivity index (χ4v) is 2.58. The first-order valence-corrected chi connectivity index (χ1v) is 7.11. The summed E-state index contributed by atoms with van der Waals surface area (Å²) in [4.78, 5) is 2.13. The number of aliphatic hydroxyl groups excluding tert-OH is 1. The summed E-state index contributed by atoms with van der Waals surface area (Å²) in [5, 5.41) is 21.3. The van der Waals surface area contributed by atoms with E-state index in [0.29, 0.717) is 23.2 Å². The van der Waals surface area contributed by atoms with Crippen LogP contribution in [0.3, 0.4) is 0 Å². The molecular formula is C14H22ClN3O2. The first-order valence-electron chi connectivity index (χ1n) is 6.73. The van der Waals surface area contributed by atoms with Crippen LogP contribution < -0.4 is 10.6 Å². The molecule has 0 aromatic heterocycles. The quantitative estimate of drug-likeness (QED) is 0.312. The van der Waals surface area contributed by atoms with Crippen LogP contribution in [-0.4, -0.2) is 35.3 Å². The second-order valence-electron chi connectivity index (χ2n) is 4.54. The van der Waals surface area contributed by atoms with Crippen LogP contribution in [0.25, 0.3) is 0 Å². The number of anilines is 1. The Bertz CT molecular complexity index is 462. The largest absolute Gasteiger partial charge is 0.409 e. The summed E-state index contributed by atoms with van der Waals surface area (Å²) in [6.45, 7) is 4.86. The van der Waals surface area contributed by atoms with E-state index in [1.54, 1.807) is 12.1 Å². The van der Waals surface area contributed by atoms with E-state index in [2.05, 4.69) is 23.9 Å². The molecule has 0 bridgehead atoms. The van der Waals surface area contributed by atoms with Crippen molar-refractivity contribution in [2.24, 2.45) is 10.9 Å². The zero-order valence-electron chi connectivity index (χ0n) is 11.9. The number of oxime groups is 1. The molecule has 0 aliphatic rings. The molecule has 1 aromatic carbocycles. The molecule has 0 heterocycles. The number of aliphatic hydroxyl groups is 1. The third-order valence-electron chi connectivity index (χ3n) is 3.39. The third-order valence-corrected chi connectivity index (χ3v) is 3.70. The van der Waals surface area contributed by atoms with Crippen LogP contribution in [-0.2, 0) is 0 Å². The Morgan fingerprint density at radius 1 is 1.40 bits per heavy atom. The second kappa shape index (κ2) is 7.97. The number of nitrogens with zero attached hydrogens (tertiary/aromatic N) is 2. The number of hydrogen-bond donors (Lipinski definition) is 3. The third kappa shape index (κ3) is 3.77. The molecule has 1 rings (SSSR count). The van der Waals surface area contributed by atoms with Crippen LogP contribution in [0.5, 0.6) is 0 Å². The topological polar surface area (TPSA) is 82.1 Å². The van der Waals surface area contributed by atoms with Crippen molar-refractivity contribution in [3.8, 4) is 0 Å². The minimum Gasteiger partial charge on any atom is -0.409 e. The van der Waals surface area contributed by atoms with Gasteiger partial charge in [0.05, 0.1) is 11.6 Å². The molecule has 0 amide bonds.